The highest BCUT2D eigenvalue weighted by molar-refractivity contribution is 9.10. The topological polar surface area (TPSA) is 3.24 Å². The monoisotopic (exact) mass is 317 g/mol. The molecule has 0 N–H and O–H groups in total. The molecule has 1 atom stereocenters. The minimum Gasteiger partial charge on any atom is -0.372 e. The van der Waals surface area contributed by atoms with Gasteiger partial charge in [0.05, 0.1) is 0 Å². The molecule has 1 aromatic carbocycles. The van der Waals surface area contributed by atoms with Crippen molar-refractivity contribution >= 4 is 33.2 Å². The Morgan fingerprint density at radius 2 is 1.94 bits per heavy atom. The average molecular weight is 319 g/mol. The molecule has 1 aromatic rings. The molecule has 1 rings (SSSR count). The van der Waals surface area contributed by atoms with Gasteiger partial charge in [0, 0.05) is 29.1 Å². The average Bonchev–Trinajstić information content (AvgIpc) is 2.27. The Balaban J connectivity index is 2.93. The zero-order chi connectivity index (χ0) is 13.0. The van der Waals surface area contributed by atoms with Gasteiger partial charge in [-0.1, -0.05) is 35.8 Å². The lowest BCUT2D eigenvalue weighted by Gasteiger charge is -2.30. The normalized spacial score (nSPS) is 12.9. The molecule has 0 saturated carbocycles. The van der Waals surface area contributed by atoms with Gasteiger partial charge in [-0.25, -0.2) is 0 Å². The van der Waals surface area contributed by atoms with Crippen molar-refractivity contribution in [1.82, 2.24) is 0 Å². The predicted octanol–water partition coefficient (Wildman–Crippen LogP) is 5.06. The molecule has 96 valence electrons. The number of anilines is 1. The van der Waals surface area contributed by atoms with Crippen LogP contribution in [-0.4, -0.2) is 13.1 Å². The molecule has 3 heteroatoms. The molecular formula is C14H21BrClN. The summed E-state index contributed by atoms with van der Waals surface area (Å²) >= 11 is 9.52. The van der Waals surface area contributed by atoms with Crippen molar-refractivity contribution in [2.24, 2.45) is 5.92 Å². The Hall–Kier alpha value is -0.210. The molecule has 0 heterocycles. The van der Waals surface area contributed by atoms with Crippen LogP contribution in [0.1, 0.15) is 32.8 Å². The van der Waals surface area contributed by atoms with Crippen molar-refractivity contribution in [2.75, 3.05) is 11.9 Å². The minimum absolute atomic E-state index is 0.520. The van der Waals surface area contributed by atoms with E-state index in [4.69, 9.17) is 11.6 Å². The molecule has 0 aliphatic rings. The standard InChI is InChI=1S/C14H21BrClN/c1-10(2)7-11(3)17(4)14-8-13(15)6-5-12(14)9-16/h5-6,8,10-11H,7,9H2,1-4H3. The second kappa shape index (κ2) is 6.65. The van der Waals surface area contributed by atoms with E-state index >= 15 is 0 Å². The van der Waals surface area contributed by atoms with Crippen LogP contribution in [0.4, 0.5) is 5.69 Å². The van der Waals surface area contributed by atoms with Crippen LogP contribution >= 0.6 is 27.5 Å². The van der Waals surface area contributed by atoms with E-state index < -0.39 is 0 Å². The Labute approximate surface area is 118 Å². The molecule has 17 heavy (non-hydrogen) atoms. The van der Waals surface area contributed by atoms with Crippen LogP contribution in [0, 0.1) is 5.92 Å². The minimum atomic E-state index is 0.520. The quantitative estimate of drug-likeness (QED) is 0.686. The predicted molar refractivity (Wildman–Crippen MR) is 81.0 cm³/mol. The maximum Gasteiger partial charge on any atom is 0.0494 e. The lowest BCUT2D eigenvalue weighted by Crippen LogP contribution is -2.30. The molecule has 0 aliphatic heterocycles. The third-order valence-electron chi connectivity index (χ3n) is 3.04. The van der Waals surface area contributed by atoms with Gasteiger partial charge in [-0.2, -0.15) is 0 Å². The first-order chi connectivity index (χ1) is 7.95. The van der Waals surface area contributed by atoms with Crippen LogP contribution < -0.4 is 4.90 Å². The number of rotatable bonds is 5. The molecule has 0 amide bonds. The third-order valence-corrected chi connectivity index (χ3v) is 3.83. The number of nitrogens with zero attached hydrogens (tertiary/aromatic N) is 1. The number of benzene rings is 1. The smallest absolute Gasteiger partial charge is 0.0494 e. The van der Waals surface area contributed by atoms with Crippen LogP contribution in [0.25, 0.3) is 0 Å². The van der Waals surface area contributed by atoms with Crippen molar-refractivity contribution in [3.05, 3.63) is 28.2 Å². The van der Waals surface area contributed by atoms with E-state index in [0.717, 1.165) is 4.47 Å². The molecule has 0 spiro atoms. The summed E-state index contributed by atoms with van der Waals surface area (Å²) in [6, 6.07) is 6.80. The molecule has 0 aromatic heterocycles. The number of hydrogen-bond donors (Lipinski definition) is 0. The molecule has 1 nitrogen and oxygen atoms in total. The van der Waals surface area contributed by atoms with E-state index in [2.05, 4.69) is 60.8 Å². The Morgan fingerprint density at radius 3 is 2.47 bits per heavy atom. The first-order valence-corrected chi connectivity index (χ1v) is 7.35. The van der Waals surface area contributed by atoms with E-state index in [1.807, 2.05) is 6.07 Å². The van der Waals surface area contributed by atoms with E-state index in [0.29, 0.717) is 17.8 Å². The summed E-state index contributed by atoms with van der Waals surface area (Å²) in [6.45, 7) is 6.78. The summed E-state index contributed by atoms with van der Waals surface area (Å²) in [5.41, 5.74) is 2.41. The second-order valence-corrected chi connectivity index (χ2v) is 6.18. The first kappa shape index (κ1) is 14.8. The van der Waals surface area contributed by atoms with Gasteiger partial charge in [0.2, 0.25) is 0 Å². The third kappa shape index (κ3) is 4.18. The number of alkyl halides is 1. The fourth-order valence-corrected chi connectivity index (χ4v) is 2.63. The fourth-order valence-electron chi connectivity index (χ4n) is 2.06. The van der Waals surface area contributed by atoms with E-state index in [1.54, 1.807) is 0 Å². The van der Waals surface area contributed by atoms with Crippen molar-refractivity contribution < 1.29 is 0 Å². The van der Waals surface area contributed by atoms with Gasteiger partial charge in [0.15, 0.2) is 0 Å². The van der Waals surface area contributed by atoms with E-state index in [-0.39, 0.29) is 0 Å². The molecule has 0 radical (unpaired) electrons. The summed E-state index contributed by atoms with van der Waals surface area (Å²) in [6.07, 6.45) is 1.19. The number of halogens is 2. The van der Waals surface area contributed by atoms with Crippen LogP contribution in [0.5, 0.6) is 0 Å². The largest absolute Gasteiger partial charge is 0.372 e. The first-order valence-electron chi connectivity index (χ1n) is 6.03. The summed E-state index contributed by atoms with van der Waals surface area (Å²) in [5, 5.41) is 0. The summed E-state index contributed by atoms with van der Waals surface area (Å²) in [5.74, 6) is 1.26. The highest BCUT2D eigenvalue weighted by Crippen LogP contribution is 2.28. The van der Waals surface area contributed by atoms with Crippen LogP contribution in [0.15, 0.2) is 22.7 Å². The van der Waals surface area contributed by atoms with Crippen molar-refractivity contribution in [2.45, 2.75) is 39.1 Å². The zero-order valence-electron chi connectivity index (χ0n) is 11.0. The Kier molecular flexibility index (Phi) is 5.81. The highest BCUT2D eigenvalue weighted by Gasteiger charge is 2.14. The van der Waals surface area contributed by atoms with Crippen molar-refractivity contribution in [3.8, 4) is 0 Å². The van der Waals surface area contributed by atoms with Crippen LogP contribution in [0.2, 0.25) is 0 Å². The molecule has 1 unspecified atom stereocenters. The van der Waals surface area contributed by atoms with Crippen LogP contribution in [0.3, 0.4) is 0 Å². The lowest BCUT2D eigenvalue weighted by atomic mass is 10.0. The molecule has 0 fully saturated rings. The summed E-state index contributed by atoms with van der Waals surface area (Å²) in [7, 11) is 2.14. The second-order valence-electron chi connectivity index (χ2n) is 5.00. The maximum atomic E-state index is 6.00. The number of hydrogen-bond acceptors (Lipinski definition) is 1. The van der Waals surface area contributed by atoms with E-state index in [1.165, 1.54) is 17.7 Å². The maximum absolute atomic E-state index is 6.00. The van der Waals surface area contributed by atoms with Gasteiger partial charge >= 0.3 is 0 Å². The molecule has 0 aliphatic carbocycles. The van der Waals surface area contributed by atoms with E-state index in [9.17, 15) is 0 Å². The summed E-state index contributed by atoms with van der Waals surface area (Å²) < 4.78 is 1.10. The van der Waals surface area contributed by atoms with Gasteiger partial charge in [-0.05, 0) is 37.0 Å². The SMILES string of the molecule is CC(C)CC(C)N(C)c1cc(Br)ccc1CCl. The Morgan fingerprint density at radius 1 is 1.29 bits per heavy atom. The van der Waals surface area contributed by atoms with Gasteiger partial charge in [-0.15, -0.1) is 11.6 Å². The fraction of sp³-hybridized carbons (Fsp3) is 0.571. The molecule has 0 bridgehead atoms. The van der Waals surface area contributed by atoms with Gasteiger partial charge in [0.25, 0.3) is 0 Å². The van der Waals surface area contributed by atoms with Gasteiger partial charge in [-0.3, -0.25) is 0 Å². The molecular weight excluding hydrogens is 298 g/mol. The lowest BCUT2D eigenvalue weighted by molar-refractivity contribution is 0.503. The molecule has 0 saturated heterocycles. The highest BCUT2D eigenvalue weighted by atomic mass is 79.9. The van der Waals surface area contributed by atoms with Gasteiger partial charge in [0.1, 0.15) is 0 Å². The zero-order valence-corrected chi connectivity index (χ0v) is 13.3. The Bertz CT molecular complexity index is 365. The summed E-state index contributed by atoms with van der Waals surface area (Å²) in [4.78, 5) is 2.32. The van der Waals surface area contributed by atoms with Gasteiger partial charge < -0.3 is 4.90 Å². The van der Waals surface area contributed by atoms with Crippen LogP contribution in [-0.2, 0) is 5.88 Å². The van der Waals surface area contributed by atoms with Crippen molar-refractivity contribution in [3.63, 3.8) is 0 Å². The van der Waals surface area contributed by atoms with Crippen molar-refractivity contribution in [1.29, 1.82) is 0 Å².